The minimum absolute atomic E-state index is 0.0380. The van der Waals surface area contributed by atoms with E-state index in [1.807, 2.05) is 0 Å². The van der Waals surface area contributed by atoms with Crippen molar-refractivity contribution in [2.45, 2.75) is 13.0 Å². The summed E-state index contributed by atoms with van der Waals surface area (Å²) in [5.41, 5.74) is 4.33. The molecular formula is C19H17N5O4S. The number of phenols is 1. The van der Waals surface area contributed by atoms with Crippen LogP contribution < -0.4 is 16.1 Å². The molecule has 1 amide bonds. The number of thiocarbonyl (C=S) groups is 1. The lowest BCUT2D eigenvalue weighted by atomic mass is 9.95. The van der Waals surface area contributed by atoms with Crippen molar-refractivity contribution < 1.29 is 14.8 Å². The number of para-hydroxylation sites is 1. The smallest absolute Gasteiger partial charge is 0.271 e. The molecule has 10 heteroatoms. The monoisotopic (exact) mass is 411 g/mol. The second-order valence-corrected chi connectivity index (χ2v) is 6.58. The first-order valence-corrected chi connectivity index (χ1v) is 8.91. The molecule has 1 unspecified atom stereocenters. The molecule has 2 aromatic rings. The first kappa shape index (κ1) is 20.0. The highest BCUT2D eigenvalue weighted by Crippen LogP contribution is 2.28. The Bertz CT molecular complexity index is 1030. The van der Waals surface area contributed by atoms with E-state index in [0.29, 0.717) is 27.5 Å². The van der Waals surface area contributed by atoms with Crippen molar-refractivity contribution in [3.63, 3.8) is 0 Å². The first-order valence-electron chi connectivity index (χ1n) is 8.51. The van der Waals surface area contributed by atoms with Crippen LogP contribution in [-0.2, 0) is 4.79 Å². The molecule has 148 valence electrons. The number of nitrogens with one attached hydrogen (secondary N) is 3. The summed E-state index contributed by atoms with van der Waals surface area (Å²) in [5, 5.41) is 30.8. The van der Waals surface area contributed by atoms with Gasteiger partial charge in [0.05, 0.1) is 22.8 Å². The number of non-ortho nitro benzene ring substituents is 1. The van der Waals surface area contributed by atoms with Crippen molar-refractivity contribution in [2.75, 3.05) is 0 Å². The summed E-state index contributed by atoms with van der Waals surface area (Å²) in [6.45, 7) is 1.70. The molecule has 0 radical (unpaired) electrons. The van der Waals surface area contributed by atoms with Crippen LogP contribution in [0.4, 0.5) is 5.69 Å². The van der Waals surface area contributed by atoms with Crippen LogP contribution in [0.3, 0.4) is 0 Å². The Kier molecular flexibility index (Phi) is 5.84. The van der Waals surface area contributed by atoms with Gasteiger partial charge in [-0.05, 0) is 49.0 Å². The number of hydrazone groups is 1. The van der Waals surface area contributed by atoms with Gasteiger partial charge in [-0.3, -0.25) is 14.9 Å². The van der Waals surface area contributed by atoms with Gasteiger partial charge in [0.25, 0.3) is 11.6 Å². The third-order valence-electron chi connectivity index (χ3n) is 4.26. The van der Waals surface area contributed by atoms with Gasteiger partial charge >= 0.3 is 0 Å². The molecule has 1 aliphatic rings. The van der Waals surface area contributed by atoms with Crippen LogP contribution in [0.5, 0.6) is 5.75 Å². The van der Waals surface area contributed by atoms with Crippen molar-refractivity contribution in [1.82, 2.24) is 16.1 Å². The van der Waals surface area contributed by atoms with Crippen LogP contribution in [0, 0.1) is 10.1 Å². The van der Waals surface area contributed by atoms with Gasteiger partial charge in [0.15, 0.2) is 5.11 Å². The lowest BCUT2D eigenvalue weighted by Crippen LogP contribution is -2.46. The Morgan fingerprint density at radius 1 is 1.28 bits per heavy atom. The molecule has 29 heavy (non-hydrogen) atoms. The van der Waals surface area contributed by atoms with Crippen LogP contribution in [-0.4, -0.2) is 27.3 Å². The number of rotatable bonds is 5. The number of nitro groups is 1. The molecule has 0 spiro atoms. The molecule has 0 saturated carbocycles. The number of hydrogen-bond acceptors (Lipinski definition) is 6. The van der Waals surface area contributed by atoms with E-state index in [4.69, 9.17) is 12.2 Å². The summed E-state index contributed by atoms with van der Waals surface area (Å²) >= 11 is 5.18. The summed E-state index contributed by atoms with van der Waals surface area (Å²) in [6.07, 6.45) is 1.33. The number of hydrogen-bond donors (Lipinski definition) is 4. The highest BCUT2D eigenvalue weighted by Gasteiger charge is 2.30. The molecule has 4 N–H and O–H groups in total. The molecule has 0 aliphatic carbocycles. The SMILES string of the molecule is CC1=C(C(=O)N/N=C/c2ccccc2O)C(c2ccc([N+](=O)[O-])cc2)NC(=S)N1. The van der Waals surface area contributed by atoms with Crippen LogP contribution in [0.1, 0.15) is 24.1 Å². The summed E-state index contributed by atoms with van der Waals surface area (Å²) < 4.78 is 0. The number of benzene rings is 2. The molecular weight excluding hydrogens is 394 g/mol. The molecule has 1 atom stereocenters. The predicted molar refractivity (Wildman–Crippen MR) is 111 cm³/mol. The highest BCUT2D eigenvalue weighted by atomic mass is 32.1. The maximum absolute atomic E-state index is 12.8. The molecule has 0 aromatic heterocycles. The second-order valence-electron chi connectivity index (χ2n) is 6.18. The average Bonchev–Trinajstić information content (AvgIpc) is 2.68. The van der Waals surface area contributed by atoms with Gasteiger partial charge in [0.1, 0.15) is 5.75 Å². The Morgan fingerprint density at radius 2 is 1.97 bits per heavy atom. The first-order chi connectivity index (χ1) is 13.9. The largest absolute Gasteiger partial charge is 0.507 e. The van der Waals surface area contributed by atoms with Gasteiger partial charge in [0, 0.05) is 23.4 Å². The number of amides is 1. The van der Waals surface area contributed by atoms with Gasteiger partial charge in [0.2, 0.25) is 0 Å². The molecule has 2 aromatic carbocycles. The van der Waals surface area contributed by atoms with Crippen molar-refractivity contribution in [2.24, 2.45) is 5.10 Å². The minimum atomic E-state index is -0.607. The third kappa shape index (κ3) is 4.55. The fourth-order valence-electron chi connectivity index (χ4n) is 2.85. The van der Waals surface area contributed by atoms with Crippen molar-refractivity contribution in [1.29, 1.82) is 0 Å². The average molecular weight is 411 g/mol. The Balaban J connectivity index is 1.84. The van der Waals surface area contributed by atoms with Crippen LogP contribution >= 0.6 is 12.2 Å². The number of carbonyl (C=O) groups is 1. The van der Waals surface area contributed by atoms with Gasteiger partial charge in [-0.15, -0.1) is 0 Å². The molecule has 1 heterocycles. The van der Waals surface area contributed by atoms with Gasteiger partial charge in [-0.2, -0.15) is 5.10 Å². The number of aromatic hydroxyl groups is 1. The summed E-state index contributed by atoms with van der Waals surface area (Å²) in [7, 11) is 0. The highest BCUT2D eigenvalue weighted by molar-refractivity contribution is 7.80. The third-order valence-corrected chi connectivity index (χ3v) is 4.48. The van der Waals surface area contributed by atoms with E-state index in [-0.39, 0.29) is 11.4 Å². The van der Waals surface area contributed by atoms with Crippen LogP contribution in [0.15, 0.2) is 64.9 Å². The number of allylic oxidation sites excluding steroid dienone is 1. The zero-order chi connectivity index (χ0) is 21.0. The fraction of sp³-hybridized carbons (Fsp3) is 0.105. The standard InChI is InChI=1S/C19H17N5O4S/c1-11-16(18(26)23-20-10-13-4-2-3-5-15(13)25)17(22-19(29)21-11)12-6-8-14(9-7-12)24(27)28/h2-10,17,25H,1H3,(H,23,26)(H2,21,22,29)/b20-10+. The zero-order valence-electron chi connectivity index (χ0n) is 15.2. The van der Waals surface area contributed by atoms with Gasteiger partial charge < -0.3 is 15.7 Å². The van der Waals surface area contributed by atoms with E-state index < -0.39 is 16.9 Å². The topological polar surface area (TPSA) is 129 Å². The Hall–Kier alpha value is -3.79. The van der Waals surface area contributed by atoms with Crippen molar-refractivity contribution in [3.8, 4) is 5.75 Å². The molecule has 9 nitrogen and oxygen atoms in total. The maximum atomic E-state index is 12.8. The van der Waals surface area contributed by atoms with Crippen LogP contribution in [0.2, 0.25) is 0 Å². The van der Waals surface area contributed by atoms with Crippen molar-refractivity contribution >= 4 is 35.1 Å². The number of nitro benzene ring substituents is 1. The molecule has 0 saturated heterocycles. The Labute approximate surface area is 171 Å². The molecule has 1 aliphatic heterocycles. The summed E-state index contributed by atoms with van der Waals surface area (Å²) in [5.74, 6) is -0.448. The predicted octanol–water partition coefficient (Wildman–Crippen LogP) is 2.24. The van der Waals surface area contributed by atoms with E-state index in [0.717, 1.165) is 0 Å². The van der Waals surface area contributed by atoms with E-state index >= 15 is 0 Å². The lowest BCUT2D eigenvalue weighted by molar-refractivity contribution is -0.384. The van der Waals surface area contributed by atoms with E-state index in [9.17, 15) is 20.0 Å². The number of nitrogens with zero attached hydrogens (tertiary/aromatic N) is 2. The minimum Gasteiger partial charge on any atom is -0.507 e. The van der Waals surface area contributed by atoms with Crippen LogP contribution in [0.25, 0.3) is 0 Å². The van der Waals surface area contributed by atoms with E-state index in [2.05, 4.69) is 21.2 Å². The summed E-state index contributed by atoms with van der Waals surface area (Å²) in [4.78, 5) is 23.2. The fourth-order valence-corrected chi connectivity index (χ4v) is 3.12. The normalized spacial score (nSPS) is 16.3. The number of carbonyl (C=O) groups excluding carboxylic acids is 1. The molecule has 0 bridgehead atoms. The van der Waals surface area contributed by atoms with Gasteiger partial charge in [-0.25, -0.2) is 5.43 Å². The van der Waals surface area contributed by atoms with E-state index in [1.165, 1.54) is 24.4 Å². The maximum Gasteiger partial charge on any atom is 0.271 e. The second kappa shape index (κ2) is 8.48. The lowest BCUT2D eigenvalue weighted by Gasteiger charge is -2.29. The zero-order valence-corrected chi connectivity index (χ0v) is 16.1. The molecule has 3 rings (SSSR count). The summed E-state index contributed by atoms with van der Waals surface area (Å²) in [6, 6.07) is 11.8. The number of phenolic OH excluding ortho intramolecular Hbond substituents is 1. The molecule has 0 fully saturated rings. The Morgan fingerprint density at radius 3 is 2.62 bits per heavy atom. The van der Waals surface area contributed by atoms with E-state index in [1.54, 1.807) is 37.3 Å². The van der Waals surface area contributed by atoms with Crippen molar-refractivity contribution in [3.05, 3.63) is 81.0 Å². The quantitative estimate of drug-likeness (QED) is 0.257. The van der Waals surface area contributed by atoms with Gasteiger partial charge in [-0.1, -0.05) is 12.1 Å².